The summed E-state index contributed by atoms with van der Waals surface area (Å²) in [6.07, 6.45) is 1.76. The SMILES string of the molecule is CC(CNC(=O)c1ccc[nH]1)CN1CCOCC1. The fraction of sp³-hybridized carbons (Fsp3) is 0.615. The van der Waals surface area contributed by atoms with E-state index < -0.39 is 0 Å². The molecule has 0 bridgehead atoms. The molecule has 1 saturated heterocycles. The second kappa shape index (κ2) is 6.56. The lowest BCUT2D eigenvalue weighted by Gasteiger charge is -2.29. The smallest absolute Gasteiger partial charge is 0.267 e. The number of H-pyrrole nitrogens is 1. The van der Waals surface area contributed by atoms with Crippen molar-refractivity contribution in [2.24, 2.45) is 5.92 Å². The van der Waals surface area contributed by atoms with Crippen molar-refractivity contribution in [1.82, 2.24) is 15.2 Å². The molecule has 2 rings (SSSR count). The molecule has 1 fully saturated rings. The molecule has 1 aromatic rings. The third-order valence-electron chi connectivity index (χ3n) is 3.13. The molecule has 0 aliphatic carbocycles. The van der Waals surface area contributed by atoms with E-state index in [1.165, 1.54) is 0 Å². The van der Waals surface area contributed by atoms with Gasteiger partial charge in [0.05, 0.1) is 13.2 Å². The van der Waals surface area contributed by atoms with E-state index in [2.05, 4.69) is 22.1 Å². The Hall–Kier alpha value is -1.33. The zero-order valence-electron chi connectivity index (χ0n) is 10.8. The highest BCUT2D eigenvalue weighted by Crippen LogP contribution is 2.03. The van der Waals surface area contributed by atoms with Crippen molar-refractivity contribution in [2.75, 3.05) is 39.4 Å². The number of morpholine rings is 1. The molecule has 5 heteroatoms. The van der Waals surface area contributed by atoms with E-state index in [1.807, 2.05) is 6.07 Å². The van der Waals surface area contributed by atoms with E-state index >= 15 is 0 Å². The maximum atomic E-state index is 11.7. The van der Waals surface area contributed by atoms with Crippen LogP contribution in [-0.2, 0) is 4.74 Å². The van der Waals surface area contributed by atoms with Crippen LogP contribution in [0.2, 0.25) is 0 Å². The van der Waals surface area contributed by atoms with Gasteiger partial charge in [-0.2, -0.15) is 0 Å². The van der Waals surface area contributed by atoms with Gasteiger partial charge in [-0.1, -0.05) is 6.92 Å². The number of nitrogens with zero attached hydrogens (tertiary/aromatic N) is 1. The van der Waals surface area contributed by atoms with E-state index in [9.17, 15) is 4.79 Å². The van der Waals surface area contributed by atoms with E-state index in [4.69, 9.17) is 4.74 Å². The van der Waals surface area contributed by atoms with Crippen LogP contribution < -0.4 is 5.32 Å². The number of aromatic amines is 1. The summed E-state index contributed by atoms with van der Waals surface area (Å²) in [6.45, 7) is 7.50. The van der Waals surface area contributed by atoms with Crippen molar-refractivity contribution in [3.05, 3.63) is 24.0 Å². The molecular weight excluding hydrogens is 230 g/mol. The third-order valence-corrected chi connectivity index (χ3v) is 3.13. The summed E-state index contributed by atoms with van der Waals surface area (Å²) in [5.41, 5.74) is 0.619. The van der Waals surface area contributed by atoms with Gasteiger partial charge in [-0.25, -0.2) is 0 Å². The van der Waals surface area contributed by atoms with Crippen molar-refractivity contribution in [1.29, 1.82) is 0 Å². The number of aromatic nitrogens is 1. The molecule has 1 atom stereocenters. The molecule has 1 amide bonds. The molecule has 0 spiro atoms. The summed E-state index contributed by atoms with van der Waals surface area (Å²) >= 11 is 0. The third kappa shape index (κ3) is 3.85. The first kappa shape index (κ1) is 13.1. The summed E-state index contributed by atoms with van der Waals surface area (Å²) in [4.78, 5) is 17.0. The summed E-state index contributed by atoms with van der Waals surface area (Å²) < 4.78 is 5.31. The van der Waals surface area contributed by atoms with Gasteiger partial charge in [-0.15, -0.1) is 0 Å². The zero-order valence-corrected chi connectivity index (χ0v) is 10.8. The van der Waals surface area contributed by atoms with Crippen LogP contribution in [0.1, 0.15) is 17.4 Å². The van der Waals surface area contributed by atoms with Gasteiger partial charge in [0.1, 0.15) is 5.69 Å². The number of hydrogen-bond donors (Lipinski definition) is 2. The molecule has 1 aromatic heterocycles. The van der Waals surface area contributed by atoms with Crippen molar-refractivity contribution < 1.29 is 9.53 Å². The number of ether oxygens (including phenoxy) is 1. The predicted octanol–water partition coefficient (Wildman–Crippen LogP) is 0.713. The Labute approximate surface area is 108 Å². The summed E-state index contributed by atoms with van der Waals surface area (Å²) in [6, 6.07) is 3.61. The van der Waals surface area contributed by atoms with E-state index in [-0.39, 0.29) is 5.91 Å². The van der Waals surface area contributed by atoms with E-state index in [0.29, 0.717) is 18.2 Å². The number of hydrogen-bond acceptors (Lipinski definition) is 3. The van der Waals surface area contributed by atoms with Crippen LogP contribution in [0.4, 0.5) is 0 Å². The Morgan fingerprint density at radius 1 is 1.56 bits per heavy atom. The Balaban J connectivity index is 1.68. The van der Waals surface area contributed by atoms with Crippen LogP contribution in [0.3, 0.4) is 0 Å². The molecule has 18 heavy (non-hydrogen) atoms. The molecule has 0 aromatic carbocycles. The lowest BCUT2D eigenvalue weighted by molar-refractivity contribution is 0.0317. The molecule has 2 heterocycles. The largest absolute Gasteiger partial charge is 0.379 e. The highest BCUT2D eigenvalue weighted by molar-refractivity contribution is 5.92. The topological polar surface area (TPSA) is 57.4 Å². The Kier molecular flexibility index (Phi) is 4.78. The minimum absolute atomic E-state index is 0.0335. The zero-order chi connectivity index (χ0) is 12.8. The first-order valence-electron chi connectivity index (χ1n) is 6.47. The van der Waals surface area contributed by atoms with Gasteiger partial charge in [-0.3, -0.25) is 9.69 Å². The summed E-state index contributed by atoms with van der Waals surface area (Å²) in [5.74, 6) is 0.413. The standard InChI is InChI=1S/C13H21N3O2/c1-11(10-16-5-7-18-8-6-16)9-15-13(17)12-3-2-4-14-12/h2-4,11,14H,5-10H2,1H3,(H,15,17). The maximum absolute atomic E-state index is 11.7. The van der Waals surface area contributed by atoms with Crippen LogP contribution in [0.15, 0.2) is 18.3 Å². The number of nitrogens with one attached hydrogen (secondary N) is 2. The van der Waals surface area contributed by atoms with Gasteiger partial charge < -0.3 is 15.0 Å². The Morgan fingerprint density at radius 2 is 2.33 bits per heavy atom. The van der Waals surface area contributed by atoms with Gasteiger partial charge in [0.2, 0.25) is 0 Å². The molecular formula is C13H21N3O2. The van der Waals surface area contributed by atoms with Gasteiger partial charge in [0.15, 0.2) is 0 Å². The van der Waals surface area contributed by atoms with Gasteiger partial charge >= 0.3 is 0 Å². The fourth-order valence-electron chi connectivity index (χ4n) is 2.12. The first-order valence-corrected chi connectivity index (χ1v) is 6.47. The molecule has 2 N–H and O–H groups in total. The monoisotopic (exact) mass is 251 g/mol. The number of carbonyl (C=O) groups excluding carboxylic acids is 1. The molecule has 0 saturated carbocycles. The molecule has 5 nitrogen and oxygen atoms in total. The normalized spacial score (nSPS) is 18.5. The van der Waals surface area contributed by atoms with Gasteiger partial charge in [-0.05, 0) is 18.1 Å². The number of amides is 1. The quantitative estimate of drug-likeness (QED) is 0.810. The molecule has 1 aliphatic rings. The average molecular weight is 251 g/mol. The Morgan fingerprint density at radius 3 is 3.00 bits per heavy atom. The highest BCUT2D eigenvalue weighted by Gasteiger charge is 2.14. The van der Waals surface area contributed by atoms with Crippen molar-refractivity contribution in [3.63, 3.8) is 0 Å². The lowest BCUT2D eigenvalue weighted by Crippen LogP contribution is -2.41. The predicted molar refractivity (Wildman–Crippen MR) is 69.5 cm³/mol. The molecule has 1 unspecified atom stereocenters. The van der Waals surface area contributed by atoms with Crippen LogP contribution in [0.25, 0.3) is 0 Å². The van der Waals surface area contributed by atoms with Crippen molar-refractivity contribution >= 4 is 5.91 Å². The van der Waals surface area contributed by atoms with Crippen molar-refractivity contribution in [3.8, 4) is 0 Å². The van der Waals surface area contributed by atoms with Crippen LogP contribution in [-0.4, -0.2) is 55.2 Å². The average Bonchev–Trinajstić information content (AvgIpc) is 2.91. The second-order valence-corrected chi connectivity index (χ2v) is 4.81. The minimum Gasteiger partial charge on any atom is -0.379 e. The fourth-order valence-corrected chi connectivity index (χ4v) is 2.12. The van der Waals surface area contributed by atoms with E-state index in [0.717, 1.165) is 32.8 Å². The summed E-state index contributed by atoms with van der Waals surface area (Å²) in [7, 11) is 0. The number of rotatable bonds is 5. The van der Waals surface area contributed by atoms with Gasteiger partial charge in [0, 0.05) is 32.4 Å². The van der Waals surface area contributed by atoms with Crippen molar-refractivity contribution in [2.45, 2.75) is 6.92 Å². The summed E-state index contributed by atoms with van der Waals surface area (Å²) in [5, 5.41) is 2.95. The molecule has 100 valence electrons. The van der Waals surface area contributed by atoms with Gasteiger partial charge in [0.25, 0.3) is 5.91 Å². The molecule has 0 radical (unpaired) electrons. The van der Waals surface area contributed by atoms with Crippen LogP contribution in [0.5, 0.6) is 0 Å². The van der Waals surface area contributed by atoms with Crippen LogP contribution >= 0.6 is 0 Å². The lowest BCUT2D eigenvalue weighted by atomic mass is 10.1. The number of carbonyl (C=O) groups is 1. The minimum atomic E-state index is -0.0335. The van der Waals surface area contributed by atoms with Crippen LogP contribution in [0, 0.1) is 5.92 Å². The Bertz CT molecular complexity index is 358. The second-order valence-electron chi connectivity index (χ2n) is 4.81. The highest BCUT2D eigenvalue weighted by atomic mass is 16.5. The maximum Gasteiger partial charge on any atom is 0.267 e. The van der Waals surface area contributed by atoms with E-state index in [1.54, 1.807) is 12.3 Å². The first-order chi connectivity index (χ1) is 8.75. The molecule has 1 aliphatic heterocycles.